The molecule has 0 aliphatic carbocycles. The second-order valence-corrected chi connectivity index (χ2v) is 3.88. The van der Waals surface area contributed by atoms with E-state index in [1.54, 1.807) is 19.2 Å². The van der Waals surface area contributed by atoms with Gasteiger partial charge in [-0.3, -0.25) is 0 Å². The minimum absolute atomic E-state index is 0.470. The number of hydrogen-bond donors (Lipinski definition) is 1. The van der Waals surface area contributed by atoms with Crippen molar-refractivity contribution < 1.29 is 9.57 Å². The predicted octanol–water partition coefficient (Wildman–Crippen LogP) is 3.30. The summed E-state index contributed by atoms with van der Waals surface area (Å²) in [5.41, 5.74) is 0.837. The predicted molar refractivity (Wildman–Crippen MR) is 66.8 cm³/mol. The van der Waals surface area contributed by atoms with Crippen LogP contribution in [0.3, 0.4) is 0 Å². The summed E-state index contributed by atoms with van der Waals surface area (Å²) in [5.74, 6) is 5.47. The Morgan fingerprint density at radius 1 is 1.31 bits per heavy atom. The molecule has 0 aliphatic rings. The molecule has 0 unspecified atom stereocenters. The van der Waals surface area contributed by atoms with Crippen LogP contribution in [0.1, 0.15) is 12.0 Å². The third kappa shape index (κ3) is 3.68. The highest BCUT2D eigenvalue weighted by Crippen LogP contribution is 2.31. The number of rotatable bonds is 5. The molecule has 16 heavy (non-hydrogen) atoms. The topological polar surface area (TPSA) is 44.5 Å². The zero-order chi connectivity index (χ0) is 12.0. The van der Waals surface area contributed by atoms with Crippen molar-refractivity contribution >= 4 is 29.3 Å². The van der Waals surface area contributed by atoms with Gasteiger partial charge in [0, 0.05) is 6.07 Å². The normalized spacial score (nSPS) is 11.0. The highest BCUT2D eigenvalue weighted by atomic mass is 35.5. The van der Waals surface area contributed by atoms with E-state index in [1.807, 2.05) is 12.2 Å². The first-order valence-electron chi connectivity index (χ1n) is 4.70. The van der Waals surface area contributed by atoms with Crippen molar-refractivity contribution in [3.63, 3.8) is 0 Å². The van der Waals surface area contributed by atoms with Gasteiger partial charge < -0.3 is 9.57 Å². The van der Waals surface area contributed by atoms with E-state index in [0.717, 1.165) is 12.0 Å². The van der Waals surface area contributed by atoms with Gasteiger partial charge in [0.05, 0.1) is 23.8 Å². The summed E-state index contributed by atoms with van der Waals surface area (Å²) in [6.07, 6.45) is 4.50. The molecular formula is C11H13Cl2NO2. The van der Waals surface area contributed by atoms with E-state index in [-0.39, 0.29) is 0 Å². The summed E-state index contributed by atoms with van der Waals surface area (Å²) in [6.45, 7) is 0.470. The highest BCUT2D eigenvalue weighted by molar-refractivity contribution is 6.35. The van der Waals surface area contributed by atoms with Crippen LogP contribution in [-0.2, 0) is 4.84 Å². The van der Waals surface area contributed by atoms with Gasteiger partial charge in [-0.05, 0) is 18.1 Å². The minimum atomic E-state index is 0.470. The second kappa shape index (κ2) is 6.76. The summed E-state index contributed by atoms with van der Waals surface area (Å²) < 4.78 is 5.05. The Morgan fingerprint density at radius 2 is 2.06 bits per heavy atom. The van der Waals surface area contributed by atoms with Gasteiger partial charge in [-0.2, -0.15) is 0 Å². The van der Waals surface area contributed by atoms with Crippen molar-refractivity contribution in [1.29, 1.82) is 0 Å². The SMILES string of the molecule is COc1cc(Cl)c(/C=C/CCON)cc1Cl. The molecule has 0 bridgehead atoms. The first-order valence-corrected chi connectivity index (χ1v) is 5.46. The van der Waals surface area contributed by atoms with E-state index in [9.17, 15) is 0 Å². The van der Waals surface area contributed by atoms with E-state index in [4.69, 9.17) is 33.8 Å². The Morgan fingerprint density at radius 3 is 2.69 bits per heavy atom. The lowest BCUT2D eigenvalue weighted by atomic mass is 10.2. The monoisotopic (exact) mass is 261 g/mol. The molecule has 0 radical (unpaired) electrons. The average Bonchev–Trinajstić information content (AvgIpc) is 2.28. The number of hydrogen-bond acceptors (Lipinski definition) is 3. The lowest BCUT2D eigenvalue weighted by molar-refractivity contribution is 0.143. The molecular weight excluding hydrogens is 249 g/mol. The molecule has 0 saturated carbocycles. The van der Waals surface area contributed by atoms with Crippen molar-refractivity contribution in [2.75, 3.05) is 13.7 Å². The van der Waals surface area contributed by atoms with Gasteiger partial charge in [0.2, 0.25) is 0 Å². The Labute approximate surface area is 105 Å². The Hall–Kier alpha value is -0.740. The molecule has 2 N–H and O–H groups in total. The first kappa shape index (κ1) is 13.3. The Bertz CT molecular complexity index is 380. The van der Waals surface area contributed by atoms with Crippen molar-refractivity contribution in [2.24, 2.45) is 5.90 Å². The number of nitrogens with two attached hydrogens (primary N) is 1. The number of halogens is 2. The van der Waals surface area contributed by atoms with Gasteiger partial charge in [0.15, 0.2) is 0 Å². The zero-order valence-electron chi connectivity index (χ0n) is 8.87. The Kier molecular flexibility index (Phi) is 5.63. The molecule has 0 aromatic heterocycles. The molecule has 0 heterocycles. The molecule has 0 saturated heterocycles. The van der Waals surface area contributed by atoms with Crippen LogP contribution >= 0.6 is 23.2 Å². The van der Waals surface area contributed by atoms with Crippen LogP contribution < -0.4 is 10.6 Å². The molecule has 1 aromatic carbocycles. The van der Waals surface area contributed by atoms with Crippen LogP contribution in [0.4, 0.5) is 0 Å². The van der Waals surface area contributed by atoms with Gasteiger partial charge >= 0.3 is 0 Å². The van der Waals surface area contributed by atoms with Crippen LogP contribution in [0, 0.1) is 0 Å². The molecule has 5 heteroatoms. The van der Waals surface area contributed by atoms with Gasteiger partial charge in [0.25, 0.3) is 0 Å². The van der Waals surface area contributed by atoms with Crippen molar-refractivity contribution in [3.8, 4) is 5.75 Å². The largest absolute Gasteiger partial charge is 0.495 e. The van der Waals surface area contributed by atoms with Crippen LogP contribution in [0.15, 0.2) is 18.2 Å². The van der Waals surface area contributed by atoms with Crippen LogP contribution in [0.25, 0.3) is 6.08 Å². The summed E-state index contributed by atoms with van der Waals surface area (Å²) in [7, 11) is 1.55. The fourth-order valence-electron chi connectivity index (χ4n) is 1.17. The summed E-state index contributed by atoms with van der Waals surface area (Å²) in [6, 6.07) is 3.44. The third-order valence-electron chi connectivity index (χ3n) is 1.97. The number of ether oxygens (including phenoxy) is 1. The van der Waals surface area contributed by atoms with Gasteiger partial charge in [0.1, 0.15) is 5.75 Å². The number of methoxy groups -OCH3 is 1. The van der Waals surface area contributed by atoms with Crippen molar-refractivity contribution in [3.05, 3.63) is 33.8 Å². The molecule has 0 atom stereocenters. The van der Waals surface area contributed by atoms with Crippen LogP contribution in [0.5, 0.6) is 5.75 Å². The molecule has 1 aromatic rings. The zero-order valence-corrected chi connectivity index (χ0v) is 10.4. The Balaban J connectivity index is 2.81. The van der Waals surface area contributed by atoms with Crippen molar-refractivity contribution in [2.45, 2.75) is 6.42 Å². The minimum Gasteiger partial charge on any atom is -0.495 e. The van der Waals surface area contributed by atoms with Gasteiger partial charge in [-0.15, -0.1) is 0 Å². The first-order chi connectivity index (χ1) is 7.69. The van der Waals surface area contributed by atoms with Gasteiger partial charge in [-0.25, -0.2) is 5.90 Å². The van der Waals surface area contributed by atoms with E-state index in [1.165, 1.54) is 0 Å². The van der Waals surface area contributed by atoms with E-state index in [2.05, 4.69) is 4.84 Å². The molecule has 0 amide bonds. The average molecular weight is 262 g/mol. The lowest BCUT2D eigenvalue weighted by Crippen LogP contribution is -1.98. The quantitative estimate of drug-likeness (QED) is 0.654. The van der Waals surface area contributed by atoms with E-state index >= 15 is 0 Å². The fraction of sp³-hybridized carbons (Fsp3) is 0.273. The van der Waals surface area contributed by atoms with Crippen LogP contribution in [-0.4, -0.2) is 13.7 Å². The molecule has 1 rings (SSSR count). The van der Waals surface area contributed by atoms with Crippen LogP contribution in [0.2, 0.25) is 10.0 Å². The standard InChI is InChI=1S/C11H13Cl2NO2/c1-15-11-7-9(12)8(6-10(11)13)4-2-3-5-16-14/h2,4,6-7H,3,5,14H2,1H3/b4-2+. The number of benzene rings is 1. The molecule has 88 valence electrons. The maximum Gasteiger partial charge on any atom is 0.138 e. The van der Waals surface area contributed by atoms with Gasteiger partial charge in [-0.1, -0.05) is 35.4 Å². The van der Waals surface area contributed by atoms with E-state index < -0.39 is 0 Å². The summed E-state index contributed by atoms with van der Waals surface area (Å²) >= 11 is 12.0. The molecule has 0 fully saturated rings. The van der Waals surface area contributed by atoms with Crippen molar-refractivity contribution in [1.82, 2.24) is 0 Å². The lowest BCUT2D eigenvalue weighted by Gasteiger charge is -2.05. The maximum absolute atomic E-state index is 6.05. The molecule has 0 aliphatic heterocycles. The second-order valence-electron chi connectivity index (χ2n) is 3.07. The molecule has 3 nitrogen and oxygen atoms in total. The molecule has 0 spiro atoms. The highest BCUT2D eigenvalue weighted by Gasteiger charge is 2.05. The smallest absolute Gasteiger partial charge is 0.138 e. The van der Waals surface area contributed by atoms with E-state index in [0.29, 0.717) is 22.4 Å². The summed E-state index contributed by atoms with van der Waals surface area (Å²) in [4.78, 5) is 4.44. The maximum atomic E-state index is 6.05. The third-order valence-corrected chi connectivity index (χ3v) is 2.59. The summed E-state index contributed by atoms with van der Waals surface area (Å²) in [5, 5.41) is 1.12. The fourth-order valence-corrected chi connectivity index (χ4v) is 1.64.